The number of esters is 1. The van der Waals surface area contributed by atoms with Gasteiger partial charge in [-0.2, -0.15) is 5.09 Å². The molecule has 1 aliphatic rings. The number of carbonyl (C=O) groups is 1. The number of aliphatic hydroxyl groups excluding tert-OH is 1. The number of rotatable bonds is 10. The number of aliphatic hydroxyl groups is 1. The molecule has 0 amide bonds. The van der Waals surface area contributed by atoms with Gasteiger partial charge in [0, 0.05) is 11.8 Å². The van der Waals surface area contributed by atoms with Crippen LogP contribution in [0.15, 0.2) is 58.0 Å². The summed E-state index contributed by atoms with van der Waals surface area (Å²) >= 11 is 0. The molecule has 0 spiro atoms. The minimum Gasteiger partial charge on any atom is -0.469 e. The average Bonchev–Trinajstić information content (AvgIpc) is 3.15. The highest BCUT2D eigenvalue weighted by atomic mass is 31.2. The van der Waals surface area contributed by atoms with Crippen LogP contribution in [0.5, 0.6) is 5.75 Å². The molecular formula is C22H28N3O9P. The van der Waals surface area contributed by atoms with Crippen molar-refractivity contribution in [1.82, 2.24) is 14.6 Å². The SMILES string of the molecule is Cc1cn([C@@H]2OC(CO[P@@](=O)(N[C@@H](C)C(=O)OC(C)C)Oc3ccccc3)=C[C@H]2O)c(=O)[nH]c1=O. The molecule has 13 heteroatoms. The van der Waals surface area contributed by atoms with Crippen LogP contribution in [-0.4, -0.2) is 45.5 Å². The van der Waals surface area contributed by atoms with Crippen molar-refractivity contribution >= 4 is 13.7 Å². The number of aryl methyl sites for hydroxylation is 1. The van der Waals surface area contributed by atoms with Crippen molar-refractivity contribution in [2.24, 2.45) is 0 Å². The van der Waals surface area contributed by atoms with E-state index in [1.54, 1.807) is 44.2 Å². The van der Waals surface area contributed by atoms with E-state index in [0.717, 1.165) is 4.57 Å². The third-order valence-corrected chi connectivity index (χ3v) is 6.37. The van der Waals surface area contributed by atoms with E-state index in [1.807, 2.05) is 0 Å². The van der Waals surface area contributed by atoms with Gasteiger partial charge >= 0.3 is 19.4 Å². The molecule has 0 bridgehead atoms. The van der Waals surface area contributed by atoms with E-state index in [-0.39, 0.29) is 23.2 Å². The van der Waals surface area contributed by atoms with Crippen LogP contribution < -0.4 is 20.9 Å². The monoisotopic (exact) mass is 509 g/mol. The van der Waals surface area contributed by atoms with Crippen LogP contribution in [0, 0.1) is 6.92 Å². The fourth-order valence-electron chi connectivity index (χ4n) is 3.10. The summed E-state index contributed by atoms with van der Waals surface area (Å²) in [6.07, 6.45) is -0.254. The number of nitrogens with one attached hydrogen (secondary N) is 2. The number of benzene rings is 1. The average molecular weight is 509 g/mol. The summed E-state index contributed by atoms with van der Waals surface area (Å²) in [5.41, 5.74) is -1.07. The van der Waals surface area contributed by atoms with E-state index in [4.69, 9.17) is 18.5 Å². The van der Waals surface area contributed by atoms with Crippen LogP contribution >= 0.6 is 7.75 Å². The third kappa shape index (κ3) is 6.92. The minimum atomic E-state index is -4.15. The van der Waals surface area contributed by atoms with Crippen molar-refractivity contribution < 1.29 is 33.0 Å². The quantitative estimate of drug-likeness (QED) is 0.318. The summed E-state index contributed by atoms with van der Waals surface area (Å²) in [6, 6.07) is 7.17. The Bertz CT molecular complexity index is 1240. The molecule has 3 N–H and O–H groups in total. The Balaban J connectivity index is 1.74. The Labute approximate surface area is 201 Å². The van der Waals surface area contributed by atoms with Crippen molar-refractivity contribution in [3.8, 4) is 5.75 Å². The van der Waals surface area contributed by atoms with Crippen LogP contribution in [0.2, 0.25) is 0 Å². The number of hydrogen-bond acceptors (Lipinski definition) is 9. The Morgan fingerprint density at radius 3 is 2.60 bits per heavy atom. The molecule has 35 heavy (non-hydrogen) atoms. The van der Waals surface area contributed by atoms with Gasteiger partial charge in [-0.1, -0.05) is 18.2 Å². The lowest BCUT2D eigenvalue weighted by Gasteiger charge is -2.24. The van der Waals surface area contributed by atoms with E-state index < -0.39 is 49.9 Å². The molecule has 0 aliphatic carbocycles. The zero-order valence-electron chi connectivity index (χ0n) is 19.7. The maximum atomic E-state index is 13.5. The number of aromatic amines is 1. The second kappa shape index (κ2) is 11.0. The van der Waals surface area contributed by atoms with E-state index in [9.17, 15) is 24.1 Å². The van der Waals surface area contributed by atoms with E-state index in [1.165, 1.54) is 26.1 Å². The molecule has 1 aromatic carbocycles. The second-order valence-corrected chi connectivity index (χ2v) is 9.82. The Morgan fingerprint density at radius 1 is 1.26 bits per heavy atom. The predicted octanol–water partition coefficient (Wildman–Crippen LogP) is 1.75. The number of aromatic nitrogens is 2. The number of H-pyrrole nitrogens is 1. The summed E-state index contributed by atoms with van der Waals surface area (Å²) in [4.78, 5) is 38.1. The predicted molar refractivity (Wildman–Crippen MR) is 125 cm³/mol. The van der Waals surface area contributed by atoms with Crippen LogP contribution in [0.3, 0.4) is 0 Å². The largest absolute Gasteiger partial charge is 0.469 e. The first-order valence-corrected chi connectivity index (χ1v) is 12.4. The van der Waals surface area contributed by atoms with Gasteiger partial charge in [0.1, 0.15) is 30.3 Å². The standard InChI is InChI=1S/C22H28N3O9P/c1-13(2)32-21(28)15(4)24-35(30,34-16-8-6-5-7-9-16)31-12-17-10-18(26)20(33-17)25-11-14(3)19(27)23-22(25)29/h5-11,13,15,18,20,26H,12H2,1-4H3,(H,24,30)(H,23,27,29)/t15-,18+,20+,35-/m0/s1. The highest BCUT2D eigenvalue weighted by Gasteiger charge is 2.35. The molecule has 0 saturated heterocycles. The topological polar surface area (TPSA) is 158 Å². The number of ether oxygens (including phenoxy) is 2. The third-order valence-electron chi connectivity index (χ3n) is 4.74. The van der Waals surface area contributed by atoms with Gasteiger partial charge in [-0.15, -0.1) is 0 Å². The van der Waals surface area contributed by atoms with Gasteiger partial charge in [-0.3, -0.25) is 23.7 Å². The van der Waals surface area contributed by atoms with Gasteiger partial charge in [0.25, 0.3) is 5.56 Å². The maximum Gasteiger partial charge on any atom is 0.459 e. The highest BCUT2D eigenvalue weighted by molar-refractivity contribution is 7.52. The molecule has 190 valence electrons. The van der Waals surface area contributed by atoms with Crippen LogP contribution in [0.25, 0.3) is 0 Å². The van der Waals surface area contributed by atoms with Gasteiger partial charge < -0.3 is 19.1 Å². The fraction of sp³-hybridized carbons (Fsp3) is 0.409. The minimum absolute atomic E-state index is 0.0642. The molecule has 2 heterocycles. The summed E-state index contributed by atoms with van der Waals surface area (Å²) in [7, 11) is -4.15. The zero-order chi connectivity index (χ0) is 25.8. The molecule has 0 radical (unpaired) electrons. The first-order valence-electron chi connectivity index (χ1n) is 10.8. The van der Waals surface area contributed by atoms with Gasteiger partial charge in [-0.25, -0.2) is 9.36 Å². The van der Waals surface area contributed by atoms with Gasteiger partial charge in [0.05, 0.1) is 6.10 Å². The molecule has 1 aliphatic heterocycles. The van der Waals surface area contributed by atoms with Gasteiger partial charge in [0.2, 0.25) is 6.23 Å². The van der Waals surface area contributed by atoms with Gasteiger partial charge in [0.15, 0.2) is 0 Å². The lowest BCUT2D eigenvalue weighted by molar-refractivity contribution is -0.149. The molecule has 3 rings (SSSR count). The summed E-state index contributed by atoms with van der Waals surface area (Å²) in [5.74, 6) is -0.364. The molecule has 12 nitrogen and oxygen atoms in total. The lowest BCUT2D eigenvalue weighted by atomic mass is 10.3. The number of para-hydroxylation sites is 1. The molecule has 0 saturated carbocycles. The molecule has 1 aromatic heterocycles. The maximum absolute atomic E-state index is 13.5. The van der Waals surface area contributed by atoms with Gasteiger partial charge in [-0.05, 0) is 45.9 Å². The Kier molecular flexibility index (Phi) is 8.34. The summed E-state index contributed by atoms with van der Waals surface area (Å²) < 4.78 is 36.4. The van der Waals surface area contributed by atoms with Crippen molar-refractivity contribution in [2.45, 2.75) is 52.2 Å². The van der Waals surface area contributed by atoms with E-state index in [2.05, 4.69) is 10.1 Å². The summed E-state index contributed by atoms with van der Waals surface area (Å²) in [5, 5.41) is 12.9. The Hall–Kier alpha value is -3.18. The molecule has 0 unspecified atom stereocenters. The second-order valence-electron chi connectivity index (χ2n) is 8.12. The van der Waals surface area contributed by atoms with Crippen LogP contribution in [0.1, 0.15) is 32.6 Å². The molecule has 4 atom stereocenters. The zero-order valence-corrected chi connectivity index (χ0v) is 20.6. The molecule has 0 fully saturated rings. The van der Waals surface area contributed by atoms with E-state index in [0.29, 0.717) is 0 Å². The van der Waals surface area contributed by atoms with Crippen LogP contribution in [0.4, 0.5) is 0 Å². The first kappa shape index (κ1) is 26.4. The van der Waals surface area contributed by atoms with E-state index >= 15 is 0 Å². The Morgan fingerprint density at radius 2 is 1.94 bits per heavy atom. The summed E-state index contributed by atoms with van der Waals surface area (Å²) in [6.45, 7) is 5.89. The van der Waals surface area contributed by atoms with Crippen molar-refractivity contribution in [2.75, 3.05) is 6.61 Å². The number of nitrogens with zero attached hydrogens (tertiary/aromatic N) is 1. The van der Waals surface area contributed by atoms with Crippen molar-refractivity contribution in [3.05, 3.63) is 74.8 Å². The van der Waals surface area contributed by atoms with Crippen molar-refractivity contribution in [3.63, 3.8) is 0 Å². The molecular weight excluding hydrogens is 481 g/mol. The molecule has 2 aromatic rings. The smallest absolute Gasteiger partial charge is 0.459 e. The number of carbonyl (C=O) groups excluding carboxylic acids is 1. The number of hydrogen-bond donors (Lipinski definition) is 3. The highest BCUT2D eigenvalue weighted by Crippen LogP contribution is 2.45. The lowest BCUT2D eigenvalue weighted by Crippen LogP contribution is -2.36. The first-order chi connectivity index (χ1) is 16.5. The van der Waals surface area contributed by atoms with Crippen molar-refractivity contribution in [1.29, 1.82) is 0 Å². The fourth-order valence-corrected chi connectivity index (χ4v) is 4.55. The van der Waals surface area contributed by atoms with Crippen LogP contribution in [-0.2, 0) is 23.4 Å². The normalized spacial score (nSPS) is 20.0.